The molecule has 1 amide bonds. The summed E-state index contributed by atoms with van der Waals surface area (Å²) in [5.41, 5.74) is 2.26. The first-order valence-corrected chi connectivity index (χ1v) is 8.22. The average Bonchev–Trinajstić information content (AvgIpc) is 2.98. The van der Waals surface area contributed by atoms with Crippen LogP contribution in [-0.2, 0) is 16.0 Å². The molecule has 0 spiro atoms. The highest BCUT2D eigenvalue weighted by molar-refractivity contribution is 5.85. The summed E-state index contributed by atoms with van der Waals surface area (Å²) in [5, 5.41) is 13.4. The highest BCUT2D eigenvalue weighted by atomic mass is 16.4. The summed E-state index contributed by atoms with van der Waals surface area (Å²) < 4.78 is 0. The molecule has 0 unspecified atom stereocenters. The van der Waals surface area contributed by atoms with Gasteiger partial charge in [-0.2, -0.15) is 0 Å². The van der Waals surface area contributed by atoms with Crippen LogP contribution in [0, 0.1) is 11.8 Å². The Morgan fingerprint density at radius 3 is 2.70 bits per heavy atom. The molecule has 1 aliphatic carbocycles. The number of aliphatic carboxylic acids is 1. The van der Waals surface area contributed by atoms with Crippen LogP contribution in [0.5, 0.6) is 0 Å². The average molecular weight is 314 g/mol. The van der Waals surface area contributed by atoms with E-state index >= 15 is 0 Å². The minimum atomic E-state index is -0.846. The van der Waals surface area contributed by atoms with Crippen molar-refractivity contribution in [3.05, 3.63) is 36.0 Å². The number of fused-ring (bicyclic) bond motifs is 1. The lowest BCUT2D eigenvalue weighted by Gasteiger charge is -2.27. The quantitative estimate of drug-likeness (QED) is 0.793. The van der Waals surface area contributed by atoms with Gasteiger partial charge in [0.1, 0.15) is 0 Å². The Kier molecular flexibility index (Phi) is 4.65. The van der Waals surface area contributed by atoms with Gasteiger partial charge in [-0.3, -0.25) is 9.59 Å². The lowest BCUT2D eigenvalue weighted by atomic mass is 9.78. The molecule has 1 aliphatic rings. The Morgan fingerprint density at radius 2 is 1.91 bits per heavy atom. The highest BCUT2D eigenvalue weighted by Gasteiger charge is 2.35. The number of rotatable bonds is 5. The standard InChI is InChI=1S/C18H22N2O3/c21-17(14-6-1-2-7-15(14)18(22)23)19-10-9-12-11-20-16-8-4-3-5-13(12)16/h3-5,8,11,14-15,20H,1-2,6-7,9-10H2,(H,19,21)(H,22,23)/t14-,15+/m0/s1. The number of carbonyl (C=O) groups excluding carboxylic acids is 1. The maximum atomic E-state index is 12.3. The molecule has 0 radical (unpaired) electrons. The zero-order valence-corrected chi connectivity index (χ0v) is 13.0. The molecule has 1 aromatic carbocycles. The summed E-state index contributed by atoms with van der Waals surface area (Å²) in [5.74, 6) is -1.88. The van der Waals surface area contributed by atoms with Gasteiger partial charge in [0.15, 0.2) is 0 Å². The molecule has 1 saturated carbocycles. The fourth-order valence-corrected chi connectivity index (χ4v) is 3.53. The van der Waals surface area contributed by atoms with Crippen LogP contribution < -0.4 is 5.32 Å². The van der Waals surface area contributed by atoms with Gasteiger partial charge in [-0.25, -0.2) is 0 Å². The zero-order valence-electron chi connectivity index (χ0n) is 13.0. The molecule has 1 heterocycles. The van der Waals surface area contributed by atoms with E-state index in [-0.39, 0.29) is 11.8 Å². The van der Waals surface area contributed by atoms with Gasteiger partial charge in [-0.05, 0) is 30.9 Å². The fraction of sp³-hybridized carbons (Fsp3) is 0.444. The molecule has 0 aliphatic heterocycles. The van der Waals surface area contributed by atoms with Crippen LogP contribution in [0.3, 0.4) is 0 Å². The summed E-state index contributed by atoms with van der Waals surface area (Å²) in [6.07, 6.45) is 5.82. The number of carbonyl (C=O) groups is 2. The number of carboxylic acids is 1. The van der Waals surface area contributed by atoms with Gasteiger partial charge in [0, 0.05) is 23.6 Å². The number of benzene rings is 1. The molecule has 1 aromatic heterocycles. The molecule has 0 bridgehead atoms. The summed E-state index contributed by atoms with van der Waals surface area (Å²) in [4.78, 5) is 26.8. The van der Waals surface area contributed by atoms with Crippen molar-refractivity contribution >= 4 is 22.8 Å². The maximum absolute atomic E-state index is 12.3. The zero-order chi connectivity index (χ0) is 16.2. The Hall–Kier alpha value is -2.30. The summed E-state index contributed by atoms with van der Waals surface area (Å²) >= 11 is 0. The minimum Gasteiger partial charge on any atom is -0.481 e. The van der Waals surface area contributed by atoms with Crippen molar-refractivity contribution < 1.29 is 14.7 Å². The smallest absolute Gasteiger partial charge is 0.307 e. The van der Waals surface area contributed by atoms with Crippen LogP contribution in [0.25, 0.3) is 10.9 Å². The van der Waals surface area contributed by atoms with Gasteiger partial charge in [0.2, 0.25) is 5.91 Å². The molecular formula is C18H22N2O3. The second-order valence-electron chi connectivity index (χ2n) is 6.24. The molecule has 23 heavy (non-hydrogen) atoms. The van der Waals surface area contributed by atoms with E-state index < -0.39 is 11.9 Å². The number of hydrogen-bond acceptors (Lipinski definition) is 2. The number of aromatic nitrogens is 1. The van der Waals surface area contributed by atoms with Crippen molar-refractivity contribution in [2.45, 2.75) is 32.1 Å². The van der Waals surface area contributed by atoms with E-state index in [1.165, 1.54) is 10.9 Å². The van der Waals surface area contributed by atoms with E-state index in [0.717, 1.165) is 24.8 Å². The predicted octanol–water partition coefficient (Wildman–Crippen LogP) is 2.72. The Labute approximate surface area is 135 Å². The normalized spacial score (nSPS) is 21.2. The van der Waals surface area contributed by atoms with Crippen molar-refractivity contribution in [2.75, 3.05) is 6.54 Å². The molecule has 5 heteroatoms. The fourth-order valence-electron chi connectivity index (χ4n) is 3.53. The number of carboxylic acid groups (broad SMARTS) is 1. The van der Waals surface area contributed by atoms with Gasteiger partial charge in [0.25, 0.3) is 0 Å². The van der Waals surface area contributed by atoms with Crippen LogP contribution in [0.1, 0.15) is 31.2 Å². The molecule has 3 N–H and O–H groups in total. The van der Waals surface area contributed by atoms with E-state index in [4.69, 9.17) is 0 Å². The summed E-state index contributed by atoms with van der Waals surface area (Å²) in [6.45, 7) is 0.531. The molecular weight excluding hydrogens is 292 g/mol. The van der Waals surface area contributed by atoms with E-state index in [2.05, 4.69) is 16.4 Å². The second-order valence-corrected chi connectivity index (χ2v) is 6.24. The van der Waals surface area contributed by atoms with Crippen LogP contribution >= 0.6 is 0 Å². The predicted molar refractivity (Wildman–Crippen MR) is 88.1 cm³/mol. The van der Waals surface area contributed by atoms with Crippen molar-refractivity contribution in [1.82, 2.24) is 10.3 Å². The van der Waals surface area contributed by atoms with Crippen molar-refractivity contribution in [3.8, 4) is 0 Å². The SMILES string of the molecule is O=C(NCCc1c[nH]c2ccccc12)[C@H]1CCCC[C@H]1C(=O)O. The van der Waals surface area contributed by atoms with Crippen molar-refractivity contribution in [3.63, 3.8) is 0 Å². The van der Waals surface area contributed by atoms with Crippen molar-refractivity contribution in [1.29, 1.82) is 0 Å². The first-order chi connectivity index (χ1) is 11.2. The van der Waals surface area contributed by atoms with Gasteiger partial charge >= 0.3 is 5.97 Å². The van der Waals surface area contributed by atoms with Crippen LogP contribution in [0.4, 0.5) is 0 Å². The molecule has 1 fully saturated rings. The minimum absolute atomic E-state index is 0.114. The number of aromatic amines is 1. The van der Waals surface area contributed by atoms with E-state index in [1.54, 1.807) is 0 Å². The number of amides is 1. The third-order valence-corrected chi connectivity index (χ3v) is 4.79. The third kappa shape index (κ3) is 3.38. The van der Waals surface area contributed by atoms with Crippen LogP contribution in [-0.4, -0.2) is 28.5 Å². The molecule has 122 valence electrons. The number of para-hydroxylation sites is 1. The van der Waals surface area contributed by atoms with Gasteiger partial charge in [0.05, 0.1) is 11.8 Å². The third-order valence-electron chi connectivity index (χ3n) is 4.79. The first kappa shape index (κ1) is 15.6. The largest absolute Gasteiger partial charge is 0.481 e. The van der Waals surface area contributed by atoms with Gasteiger partial charge in [-0.1, -0.05) is 31.0 Å². The summed E-state index contributed by atoms with van der Waals surface area (Å²) in [6, 6.07) is 8.07. The number of hydrogen-bond donors (Lipinski definition) is 3. The molecule has 0 saturated heterocycles. The van der Waals surface area contributed by atoms with Gasteiger partial charge < -0.3 is 15.4 Å². The van der Waals surface area contributed by atoms with Crippen molar-refractivity contribution in [2.24, 2.45) is 11.8 Å². The van der Waals surface area contributed by atoms with E-state index in [9.17, 15) is 14.7 Å². The number of H-pyrrole nitrogens is 1. The number of nitrogens with one attached hydrogen (secondary N) is 2. The Balaban J connectivity index is 1.57. The first-order valence-electron chi connectivity index (χ1n) is 8.22. The molecule has 2 aromatic rings. The second kappa shape index (κ2) is 6.86. The van der Waals surface area contributed by atoms with E-state index in [1.807, 2.05) is 24.4 Å². The van der Waals surface area contributed by atoms with Crippen LogP contribution in [0.2, 0.25) is 0 Å². The maximum Gasteiger partial charge on any atom is 0.307 e. The monoisotopic (exact) mass is 314 g/mol. The molecule has 2 atom stereocenters. The van der Waals surface area contributed by atoms with Gasteiger partial charge in [-0.15, -0.1) is 0 Å². The lowest BCUT2D eigenvalue weighted by molar-refractivity contribution is -0.148. The Morgan fingerprint density at radius 1 is 1.17 bits per heavy atom. The lowest BCUT2D eigenvalue weighted by Crippen LogP contribution is -2.40. The van der Waals surface area contributed by atoms with E-state index in [0.29, 0.717) is 19.4 Å². The Bertz CT molecular complexity index is 707. The molecule has 3 rings (SSSR count). The molecule has 5 nitrogen and oxygen atoms in total. The summed E-state index contributed by atoms with van der Waals surface area (Å²) in [7, 11) is 0. The van der Waals surface area contributed by atoms with Crippen LogP contribution in [0.15, 0.2) is 30.5 Å². The topological polar surface area (TPSA) is 82.2 Å². The highest BCUT2D eigenvalue weighted by Crippen LogP contribution is 2.30.